The molecule has 9 nitrogen and oxygen atoms in total. The lowest BCUT2D eigenvalue weighted by molar-refractivity contribution is 0.0697. The summed E-state index contributed by atoms with van der Waals surface area (Å²) in [5.41, 5.74) is 2.59. The Morgan fingerprint density at radius 2 is 1.81 bits per heavy atom. The van der Waals surface area contributed by atoms with Gasteiger partial charge in [-0.05, 0) is 58.0 Å². The topological polar surface area (TPSA) is 81.3 Å². The van der Waals surface area contributed by atoms with Crippen LogP contribution in [0, 0.1) is 5.82 Å². The van der Waals surface area contributed by atoms with E-state index >= 15 is 4.39 Å². The van der Waals surface area contributed by atoms with Gasteiger partial charge in [-0.3, -0.25) is 9.13 Å². The van der Waals surface area contributed by atoms with E-state index in [1.165, 1.54) is 10.6 Å². The largest absolute Gasteiger partial charge is 0.381 e. The van der Waals surface area contributed by atoms with Crippen molar-refractivity contribution < 1.29 is 9.13 Å². The lowest BCUT2D eigenvalue weighted by atomic mass is 10.0. The van der Waals surface area contributed by atoms with Crippen LogP contribution in [-0.2, 0) is 11.8 Å². The van der Waals surface area contributed by atoms with Gasteiger partial charge >= 0.3 is 5.69 Å². The van der Waals surface area contributed by atoms with Crippen molar-refractivity contribution in [3.8, 4) is 11.1 Å². The van der Waals surface area contributed by atoms with Gasteiger partial charge in [-0.25, -0.2) is 14.2 Å². The molecule has 37 heavy (non-hydrogen) atoms. The molecule has 0 atom stereocenters. The number of aromatic nitrogens is 5. The fourth-order valence-corrected chi connectivity index (χ4v) is 5.76. The van der Waals surface area contributed by atoms with E-state index in [9.17, 15) is 4.79 Å². The zero-order chi connectivity index (χ0) is 25.7. The number of anilines is 1. The number of fused-ring (bicyclic) bond motifs is 3. The molecule has 0 aliphatic carbocycles. The van der Waals surface area contributed by atoms with Crippen LogP contribution < -0.4 is 10.6 Å². The van der Waals surface area contributed by atoms with Crippen LogP contribution in [0.2, 0.25) is 0 Å². The number of rotatable bonds is 4. The third-order valence-corrected chi connectivity index (χ3v) is 7.99. The van der Waals surface area contributed by atoms with E-state index in [0.717, 1.165) is 44.6 Å². The molecule has 1 aromatic carbocycles. The molecular formula is C27H32FN7O2. The van der Waals surface area contributed by atoms with Gasteiger partial charge < -0.3 is 14.5 Å². The monoisotopic (exact) mass is 505 g/mol. The van der Waals surface area contributed by atoms with E-state index in [-0.39, 0.29) is 11.7 Å². The first kappa shape index (κ1) is 24.0. The van der Waals surface area contributed by atoms with Gasteiger partial charge in [0.1, 0.15) is 17.2 Å². The predicted octanol–water partition coefficient (Wildman–Crippen LogP) is 3.37. The van der Waals surface area contributed by atoms with Crippen molar-refractivity contribution in [3.63, 3.8) is 0 Å². The molecule has 2 aliphatic rings. The normalized spacial score (nSPS) is 17.9. The van der Waals surface area contributed by atoms with Gasteiger partial charge in [-0.2, -0.15) is 0 Å². The highest BCUT2D eigenvalue weighted by atomic mass is 19.1. The molecule has 6 rings (SSSR count). The second-order valence-corrected chi connectivity index (χ2v) is 10.4. The van der Waals surface area contributed by atoms with Crippen molar-refractivity contribution in [1.29, 1.82) is 0 Å². The minimum atomic E-state index is -0.390. The molecule has 2 fully saturated rings. The number of hydrogen-bond acceptors (Lipinski definition) is 7. The summed E-state index contributed by atoms with van der Waals surface area (Å²) in [5.74, 6) is 0.519. The van der Waals surface area contributed by atoms with Gasteiger partial charge in [0.2, 0.25) is 0 Å². The first-order valence-corrected chi connectivity index (χ1v) is 12.9. The third-order valence-electron chi connectivity index (χ3n) is 7.99. The average molecular weight is 506 g/mol. The molecule has 194 valence electrons. The lowest BCUT2D eigenvalue weighted by Gasteiger charge is -2.35. The number of pyridine rings is 1. The fourth-order valence-electron chi connectivity index (χ4n) is 5.76. The summed E-state index contributed by atoms with van der Waals surface area (Å²) in [6, 6.07) is 7.68. The maximum absolute atomic E-state index is 15.3. The maximum atomic E-state index is 15.3. The number of benzene rings is 1. The fraction of sp³-hybridized carbons (Fsp3) is 0.481. The third kappa shape index (κ3) is 4.18. The van der Waals surface area contributed by atoms with E-state index in [1.807, 2.05) is 12.1 Å². The number of aryl methyl sites for hydroxylation is 1. The predicted molar refractivity (Wildman–Crippen MR) is 141 cm³/mol. The summed E-state index contributed by atoms with van der Waals surface area (Å²) in [5, 5.41) is 9.24. The Morgan fingerprint density at radius 1 is 1.05 bits per heavy atom. The summed E-state index contributed by atoms with van der Waals surface area (Å²) in [6.07, 6.45) is 5.42. The molecule has 0 saturated carbocycles. The molecule has 0 N–H and O–H groups in total. The Morgan fingerprint density at radius 3 is 2.49 bits per heavy atom. The van der Waals surface area contributed by atoms with Crippen molar-refractivity contribution in [2.45, 2.75) is 37.8 Å². The number of nitrogens with zero attached hydrogens (tertiary/aromatic N) is 7. The van der Waals surface area contributed by atoms with Crippen LogP contribution in [0.25, 0.3) is 33.2 Å². The Bertz CT molecular complexity index is 1500. The molecule has 3 aromatic heterocycles. The van der Waals surface area contributed by atoms with Gasteiger partial charge in [0, 0.05) is 74.2 Å². The maximum Gasteiger partial charge on any atom is 0.330 e. The zero-order valence-corrected chi connectivity index (χ0v) is 21.5. The molecule has 0 radical (unpaired) electrons. The van der Waals surface area contributed by atoms with Crippen LogP contribution >= 0.6 is 0 Å². The average Bonchev–Trinajstić information content (AvgIpc) is 3.18. The highest BCUT2D eigenvalue weighted by molar-refractivity contribution is 6.02. The van der Waals surface area contributed by atoms with Gasteiger partial charge in [-0.15, -0.1) is 10.2 Å². The van der Waals surface area contributed by atoms with Crippen LogP contribution in [0.3, 0.4) is 0 Å². The van der Waals surface area contributed by atoms with Crippen molar-refractivity contribution in [2.75, 3.05) is 45.3 Å². The second-order valence-electron chi connectivity index (χ2n) is 10.4. The van der Waals surface area contributed by atoms with Crippen molar-refractivity contribution in [3.05, 3.63) is 46.8 Å². The molecule has 0 spiro atoms. The standard InChI is InChI=1S/C27H32FN7O2/c1-32(2)18-6-10-34(11-7-18)24-5-4-17(16-29-24)20-14-21-23(15-22(20)28)30-31-26-25(21)35(27(36)33(26)3)19-8-12-37-13-9-19/h4-5,14-16,18-19H,6-13H2,1-3H3. The number of hydrogen-bond donors (Lipinski definition) is 0. The molecule has 10 heteroatoms. The van der Waals surface area contributed by atoms with Gasteiger partial charge in [0.05, 0.1) is 5.52 Å². The molecule has 2 saturated heterocycles. The van der Waals surface area contributed by atoms with E-state index < -0.39 is 5.82 Å². The zero-order valence-electron chi connectivity index (χ0n) is 21.5. The molecular weight excluding hydrogens is 473 g/mol. The van der Waals surface area contributed by atoms with Crippen LogP contribution in [0.1, 0.15) is 31.7 Å². The Kier molecular flexibility index (Phi) is 6.16. The second kappa shape index (κ2) is 9.50. The van der Waals surface area contributed by atoms with Crippen LogP contribution in [0.4, 0.5) is 10.2 Å². The van der Waals surface area contributed by atoms with Crippen LogP contribution in [0.5, 0.6) is 0 Å². The highest BCUT2D eigenvalue weighted by Crippen LogP contribution is 2.33. The van der Waals surface area contributed by atoms with E-state index in [4.69, 9.17) is 4.74 Å². The Balaban J connectivity index is 1.40. The quantitative estimate of drug-likeness (QED) is 0.421. The molecule has 2 aliphatic heterocycles. The van der Waals surface area contributed by atoms with Crippen LogP contribution in [-0.4, -0.2) is 75.7 Å². The van der Waals surface area contributed by atoms with E-state index in [2.05, 4.69) is 39.1 Å². The molecule has 4 aromatic rings. The summed E-state index contributed by atoms with van der Waals surface area (Å²) < 4.78 is 24.2. The first-order chi connectivity index (χ1) is 17.9. The van der Waals surface area contributed by atoms with Gasteiger partial charge in [0.25, 0.3) is 0 Å². The minimum Gasteiger partial charge on any atom is -0.381 e. The summed E-state index contributed by atoms with van der Waals surface area (Å²) in [4.78, 5) is 22.5. The molecule has 0 unspecified atom stereocenters. The molecule has 5 heterocycles. The molecule has 0 amide bonds. The number of piperidine rings is 1. The Labute approximate surface area is 214 Å². The Hall–Kier alpha value is -3.37. The van der Waals surface area contributed by atoms with Gasteiger partial charge in [-0.1, -0.05) is 0 Å². The van der Waals surface area contributed by atoms with E-state index in [0.29, 0.717) is 52.4 Å². The number of halogens is 1. The smallest absolute Gasteiger partial charge is 0.330 e. The highest BCUT2D eigenvalue weighted by Gasteiger charge is 2.25. The van der Waals surface area contributed by atoms with E-state index in [1.54, 1.807) is 23.9 Å². The summed E-state index contributed by atoms with van der Waals surface area (Å²) >= 11 is 0. The molecule has 0 bridgehead atoms. The van der Waals surface area contributed by atoms with Gasteiger partial charge in [0.15, 0.2) is 5.65 Å². The van der Waals surface area contributed by atoms with Crippen LogP contribution in [0.15, 0.2) is 35.3 Å². The lowest BCUT2D eigenvalue weighted by Crippen LogP contribution is -2.42. The number of imidazole rings is 1. The minimum absolute atomic E-state index is 0.00318. The van der Waals surface area contributed by atoms with Crippen molar-refractivity contribution >= 4 is 27.9 Å². The van der Waals surface area contributed by atoms with Crippen molar-refractivity contribution in [1.82, 2.24) is 29.2 Å². The first-order valence-electron chi connectivity index (χ1n) is 12.9. The summed E-state index contributed by atoms with van der Waals surface area (Å²) in [7, 11) is 5.96. The number of ether oxygens (including phenoxy) is 1. The SMILES string of the molecule is CN(C)C1CCN(c2ccc(-c3cc4c(cc3F)nnc3c4n(C4CCOCC4)c(=O)n3C)cn2)CC1. The van der Waals surface area contributed by atoms with Crippen molar-refractivity contribution in [2.24, 2.45) is 7.05 Å². The summed E-state index contributed by atoms with van der Waals surface area (Å²) in [6.45, 7) is 3.12.